The van der Waals surface area contributed by atoms with Gasteiger partial charge in [-0.15, -0.1) is 0 Å². The molecule has 19 heavy (non-hydrogen) atoms. The number of hydrogen-bond acceptors (Lipinski definition) is 3. The molecule has 0 amide bonds. The lowest BCUT2D eigenvalue weighted by molar-refractivity contribution is 0.156. The lowest BCUT2D eigenvalue weighted by atomic mass is 10.1. The van der Waals surface area contributed by atoms with Crippen LogP contribution in [0.4, 0.5) is 0 Å². The van der Waals surface area contributed by atoms with Gasteiger partial charge in [-0.25, -0.2) is 4.98 Å². The van der Waals surface area contributed by atoms with E-state index in [-0.39, 0.29) is 0 Å². The highest BCUT2D eigenvalue weighted by molar-refractivity contribution is 5.33. The average molecular weight is 258 g/mol. The molecule has 1 fully saturated rings. The van der Waals surface area contributed by atoms with E-state index in [1.54, 1.807) is 6.20 Å². The molecular weight excluding hydrogens is 236 g/mol. The van der Waals surface area contributed by atoms with E-state index in [0.717, 1.165) is 44.3 Å². The number of rotatable bonds is 4. The molecule has 0 saturated carbocycles. The largest absolute Gasteiger partial charge is 0.474 e. The van der Waals surface area contributed by atoms with Crippen molar-refractivity contribution in [1.82, 2.24) is 10.3 Å². The molecule has 0 aliphatic carbocycles. The zero-order chi connectivity index (χ0) is 13.3. The van der Waals surface area contributed by atoms with Gasteiger partial charge in [-0.2, -0.15) is 0 Å². The number of aromatic nitrogens is 1. The SMILES string of the molecule is CCCCC#Cc1ccc(OC2CCNCC2)nc1. The van der Waals surface area contributed by atoms with Crippen LogP contribution in [0.5, 0.6) is 5.88 Å². The molecule has 0 spiro atoms. The molecule has 0 radical (unpaired) electrons. The predicted molar refractivity (Wildman–Crippen MR) is 77.2 cm³/mol. The molecule has 1 aliphatic heterocycles. The molecule has 1 aromatic heterocycles. The van der Waals surface area contributed by atoms with E-state index in [9.17, 15) is 0 Å². The Labute approximate surface area is 115 Å². The van der Waals surface area contributed by atoms with Gasteiger partial charge in [-0.05, 0) is 38.4 Å². The summed E-state index contributed by atoms with van der Waals surface area (Å²) in [5.74, 6) is 7.01. The van der Waals surface area contributed by atoms with Gasteiger partial charge in [0.1, 0.15) is 6.10 Å². The summed E-state index contributed by atoms with van der Waals surface area (Å²) in [6.45, 7) is 4.24. The Morgan fingerprint density at radius 3 is 2.89 bits per heavy atom. The van der Waals surface area contributed by atoms with Crippen molar-refractivity contribution in [3.8, 4) is 17.7 Å². The van der Waals surface area contributed by atoms with Gasteiger partial charge in [0.05, 0.1) is 0 Å². The molecule has 0 atom stereocenters. The van der Waals surface area contributed by atoms with Crippen LogP contribution in [0.2, 0.25) is 0 Å². The molecule has 1 aliphatic rings. The van der Waals surface area contributed by atoms with Crippen LogP contribution in [0.3, 0.4) is 0 Å². The maximum atomic E-state index is 5.85. The van der Waals surface area contributed by atoms with Crippen molar-refractivity contribution in [1.29, 1.82) is 0 Å². The summed E-state index contributed by atoms with van der Waals surface area (Å²) < 4.78 is 5.85. The van der Waals surface area contributed by atoms with Crippen molar-refractivity contribution in [2.45, 2.75) is 45.1 Å². The van der Waals surface area contributed by atoms with E-state index in [2.05, 4.69) is 29.1 Å². The molecule has 3 nitrogen and oxygen atoms in total. The summed E-state index contributed by atoms with van der Waals surface area (Å²) >= 11 is 0. The van der Waals surface area contributed by atoms with Gasteiger partial charge in [-0.1, -0.05) is 25.2 Å². The Morgan fingerprint density at radius 1 is 1.37 bits per heavy atom. The maximum absolute atomic E-state index is 5.85. The normalized spacial score (nSPS) is 15.6. The van der Waals surface area contributed by atoms with Crippen LogP contribution in [0.1, 0.15) is 44.6 Å². The minimum absolute atomic E-state index is 0.301. The fourth-order valence-electron chi connectivity index (χ4n) is 2.04. The molecule has 0 bridgehead atoms. The Morgan fingerprint density at radius 2 is 2.21 bits per heavy atom. The van der Waals surface area contributed by atoms with E-state index in [1.165, 1.54) is 6.42 Å². The van der Waals surface area contributed by atoms with E-state index in [1.807, 2.05) is 12.1 Å². The van der Waals surface area contributed by atoms with Crippen molar-refractivity contribution in [2.24, 2.45) is 0 Å². The first-order valence-corrected chi connectivity index (χ1v) is 7.21. The number of ether oxygens (including phenoxy) is 1. The van der Waals surface area contributed by atoms with Gasteiger partial charge < -0.3 is 10.1 Å². The Balaban J connectivity index is 1.84. The zero-order valence-corrected chi connectivity index (χ0v) is 11.6. The molecule has 1 saturated heterocycles. The van der Waals surface area contributed by atoms with Crippen molar-refractivity contribution in [3.05, 3.63) is 23.9 Å². The second kappa shape index (κ2) is 7.81. The van der Waals surface area contributed by atoms with Gasteiger partial charge in [0.25, 0.3) is 0 Å². The highest BCUT2D eigenvalue weighted by Gasteiger charge is 2.14. The third-order valence-corrected chi connectivity index (χ3v) is 3.20. The highest BCUT2D eigenvalue weighted by Crippen LogP contribution is 2.14. The van der Waals surface area contributed by atoms with Crippen molar-refractivity contribution in [2.75, 3.05) is 13.1 Å². The van der Waals surface area contributed by atoms with Gasteiger partial charge in [0.2, 0.25) is 5.88 Å². The first kappa shape index (κ1) is 13.9. The Hall–Kier alpha value is -1.53. The van der Waals surface area contributed by atoms with Gasteiger partial charge >= 0.3 is 0 Å². The summed E-state index contributed by atoms with van der Waals surface area (Å²) in [6, 6.07) is 3.91. The number of pyridine rings is 1. The van der Waals surface area contributed by atoms with E-state index < -0.39 is 0 Å². The summed E-state index contributed by atoms with van der Waals surface area (Å²) in [7, 11) is 0. The van der Waals surface area contributed by atoms with Crippen LogP contribution < -0.4 is 10.1 Å². The molecular formula is C16H22N2O. The van der Waals surface area contributed by atoms with Crippen LogP contribution in [-0.2, 0) is 0 Å². The monoisotopic (exact) mass is 258 g/mol. The molecule has 3 heteroatoms. The molecule has 102 valence electrons. The van der Waals surface area contributed by atoms with Crippen LogP contribution in [0.15, 0.2) is 18.3 Å². The smallest absolute Gasteiger partial charge is 0.213 e. The lowest BCUT2D eigenvalue weighted by Crippen LogP contribution is -2.34. The van der Waals surface area contributed by atoms with Crippen LogP contribution in [-0.4, -0.2) is 24.2 Å². The average Bonchev–Trinajstić information content (AvgIpc) is 2.46. The van der Waals surface area contributed by atoms with Gasteiger partial charge in [0.15, 0.2) is 0 Å². The fraction of sp³-hybridized carbons (Fsp3) is 0.562. The third-order valence-electron chi connectivity index (χ3n) is 3.20. The quantitative estimate of drug-likeness (QED) is 0.666. The van der Waals surface area contributed by atoms with E-state index >= 15 is 0 Å². The van der Waals surface area contributed by atoms with E-state index in [0.29, 0.717) is 12.0 Å². The highest BCUT2D eigenvalue weighted by atomic mass is 16.5. The van der Waals surface area contributed by atoms with Gasteiger partial charge in [-0.3, -0.25) is 0 Å². The van der Waals surface area contributed by atoms with Crippen LogP contribution in [0, 0.1) is 11.8 Å². The summed E-state index contributed by atoms with van der Waals surface area (Å²) in [5, 5.41) is 3.32. The minimum atomic E-state index is 0.301. The molecule has 1 N–H and O–H groups in total. The number of nitrogens with zero attached hydrogens (tertiary/aromatic N) is 1. The topological polar surface area (TPSA) is 34.1 Å². The number of hydrogen-bond donors (Lipinski definition) is 1. The maximum Gasteiger partial charge on any atom is 0.213 e. The number of nitrogens with one attached hydrogen (secondary N) is 1. The molecule has 2 rings (SSSR count). The van der Waals surface area contributed by atoms with Crippen LogP contribution >= 0.6 is 0 Å². The van der Waals surface area contributed by atoms with Crippen molar-refractivity contribution >= 4 is 0 Å². The second-order valence-corrected chi connectivity index (χ2v) is 4.86. The third kappa shape index (κ3) is 4.92. The first-order chi connectivity index (χ1) is 9.38. The lowest BCUT2D eigenvalue weighted by Gasteiger charge is -2.23. The number of unbranched alkanes of at least 4 members (excludes halogenated alkanes) is 2. The van der Waals surface area contributed by atoms with Gasteiger partial charge in [0, 0.05) is 24.2 Å². The standard InChI is InChI=1S/C16H22N2O/c1-2-3-4-5-6-14-7-8-16(18-13-14)19-15-9-11-17-12-10-15/h7-8,13,15,17H,2-4,9-12H2,1H3. The Bertz CT molecular complexity index is 424. The van der Waals surface area contributed by atoms with E-state index in [4.69, 9.17) is 4.74 Å². The van der Waals surface area contributed by atoms with Crippen molar-refractivity contribution in [3.63, 3.8) is 0 Å². The Kier molecular flexibility index (Phi) is 5.71. The summed E-state index contributed by atoms with van der Waals surface area (Å²) in [4.78, 5) is 4.33. The molecule has 1 aromatic rings. The molecule has 0 unspecified atom stereocenters. The summed E-state index contributed by atoms with van der Waals surface area (Å²) in [6.07, 6.45) is 7.53. The summed E-state index contributed by atoms with van der Waals surface area (Å²) in [5.41, 5.74) is 0.966. The first-order valence-electron chi connectivity index (χ1n) is 7.21. The van der Waals surface area contributed by atoms with Crippen molar-refractivity contribution < 1.29 is 4.74 Å². The number of piperidine rings is 1. The second-order valence-electron chi connectivity index (χ2n) is 4.86. The minimum Gasteiger partial charge on any atom is -0.474 e. The molecule has 2 heterocycles. The van der Waals surface area contributed by atoms with Crippen LogP contribution in [0.25, 0.3) is 0 Å². The molecule has 0 aromatic carbocycles. The fourth-order valence-corrected chi connectivity index (χ4v) is 2.04. The predicted octanol–water partition coefficient (Wildman–Crippen LogP) is 2.75. The zero-order valence-electron chi connectivity index (χ0n) is 11.6.